The highest BCUT2D eigenvalue weighted by Gasteiger charge is 2.17. The monoisotopic (exact) mass is 252 g/mol. The molecule has 0 aliphatic rings. The van der Waals surface area contributed by atoms with Crippen molar-refractivity contribution in [2.45, 2.75) is 6.61 Å². The Bertz CT molecular complexity index is 527. The highest BCUT2D eigenvalue weighted by Crippen LogP contribution is 2.21. The molecule has 0 saturated carbocycles. The Labute approximate surface area is 102 Å². The lowest BCUT2D eigenvalue weighted by molar-refractivity contribution is 0.111. The lowest BCUT2D eigenvalue weighted by atomic mass is 10.3. The SMILES string of the molecule is COCc1nn(-c2ccncn2)c(Cl)c1C=O. The fourth-order valence-corrected chi connectivity index (χ4v) is 1.65. The number of carbonyl (C=O) groups is 1. The molecule has 0 atom stereocenters. The number of ether oxygens (including phenoxy) is 1. The van der Waals surface area contributed by atoms with Crippen LogP contribution in [0.15, 0.2) is 18.6 Å². The molecule has 6 nitrogen and oxygen atoms in total. The van der Waals surface area contributed by atoms with Gasteiger partial charge in [-0.15, -0.1) is 0 Å². The molecule has 0 aromatic carbocycles. The van der Waals surface area contributed by atoms with Crippen LogP contribution in [0.25, 0.3) is 5.82 Å². The van der Waals surface area contributed by atoms with E-state index < -0.39 is 0 Å². The molecule has 2 rings (SSSR count). The minimum atomic E-state index is 0.214. The molecule has 0 amide bonds. The van der Waals surface area contributed by atoms with Crippen molar-refractivity contribution in [2.24, 2.45) is 0 Å². The van der Waals surface area contributed by atoms with Crippen LogP contribution in [0, 0.1) is 0 Å². The first kappa shape index (κ1) is 11.7. The molecule has 2 aromatic heterocycles. The van der Waals surface area contributed by atoms with Crippen molar-refractivity contribution < 1.29 is 9.53 Å². The fraction of sp³-hybridized carbons (Fsp3) is 0.200. The van der Waals surface area contributed by atoms with E-state index in [-0.39, 0.29) is 11.8 Å². The van der Waals surface area contributed by atoms with Gasteiger partial charge in [-0.25, -0.2) is 14.6 Å². The first-order valence-electron chi connectivity index (χ1n) is 4.75. The zero-order valence-corrected chi connectivity index (χ0v) is 9.76. The van der Waals surface area contributed by atoms with Crippen molar-refractivity contribution in [1.82, 2.24) is 19.7 Å². The largest absolute Gasteiger partial charge is 0.378 e. The number of halogens is 1. The first-order chi connectivity index (χ1) is 8.27. The molecule has 7 heteroatoms. The Hall–Kier alpha value is -1.79. The summed E-state index contributed by atoms with van der Waals surface area (Å²) >= 11 is 6.05. The Morgan fingerprint density at radius 2 is 2.41 bits per heavy atom. The van der Waals surface area contributed by atoms with Gasteiger partial charge in [-0.05, 0) is 0 Å². The minimum absolute atomic E-state index is 0.214. The summed E-state index contributed by atoms with van der Waals surface area (Å²) in [5.41, 5.74) is 0.790. The average Bonchev–Trinajstić information content (AvgIpc) is 2.67. The third-order valence-electron chi connectivity index (χ3n) is 2.12. The number of hydrogen-bond donors (Lipinski definition) is 0. The van der Waals surface area contributed by atoms with Crippen LogP contribution in [0.1, 0.15) is 16.1 Å². The molecule has 0 saturated heterocycles. The molecule has 0 fully saturated rings. The van der Waals surface area contributed by atoms with Crippen LogP contribution in [0.2, 0.25) is 5.15 Å². The smallest absolute Gasteiger partial charge is 0.158 e. The predicted octanol–water partition coefficient (Wildman–Crippen LogP) is 1.27. The van der Waals surface area contributed by atoms with Gasteiger partial charge >= 0.3 is 0 Å². The zero-order chi connectivity index (χ0) is 12.3. The van der Waals surface area contributed by atoms with Gasteiger partial charge in [-0.3, -0.25) is 4.79 Å². The number of methoxy groups -OCH3 is 1. The third kappa shape index (κ3) is 2.17. The molecule has 17 heavy (non-hydrogen) atoms. The number of hydrogen-bond acceptors (Lipinski definition) is 5. The Kier molecular flexibility index (Phi) is 3.46. The lowest BCUT2D eigenvalue weighted by Gasteiger charge is -1.99. The summed E-state index contributed by atoms with van der Waals surface area (Å²) in [6.07, 6.45) is 3.60. The van der Waals surface area contributed by atoms with Crippen LogP contribution in [-0.4, -0.2) is 33.1 Å². The van der Waals surface area contributed by atoms with Gasteiger partial charge in [-0.1, -0.05) is 11.6 Å². The van der Waals surface area contributed by atoms with E-state index in [2.05, 4.69) is 15.1 Å². The Morgan fingerprint density at radius 1 is 1.59 bits per heavy atom. The van der Waals surface area contributed by atoms with Gasteiger partial charge in [0, 0.05) is 19.4 Å². The average molecular weight is 253 g/mol. The van der Waals surface area contributed by atoms with E-state index in [1.54, 1.807) is 12.3 Å². The molecular weight excluding hydrogens is 244 g/mol. The number of nitrogens with zero attached hydrogens (tertiary/aromatic N) is 4. The molecule has 2 heterocycles. The summed E-state index contributed by atoms with van der Waals surface area (Å²) in [6, 6.07) is 1.64. The predicted molar refractivity (Wildman–Crippen MR) is 60.3 cm³/mol. The van der Waals surface area contributed by atoms with Crippen LogP contribution in [0.4, 0.5) is 0 Å². The molecule has 0 aliphatic heterocycles. The van der Waals surface area contributed by atoms with Gasteiger partial charge in [-0.2, -0.15) is 5.10 Å². The van der Waals surface area contributed by atoms with Crippen molar-refractivity contribution in [2.75, 3.05) is 7.11 Å². The van der Waals surface area contributed by atoms with Crippen LogP contribution in [0.5, 0.6) is 0 Å². The Morgan fingerprint density at radius 3 is 3.00 bits per heavy atom. The molecule has 0 unspecified atom stereocenters. The molecule has 0 bridgehead atoms. The highest BCUT2D eigenvalue weighted by molar-refractivity contribution is 6.32. The van der Waals surface area contributed by atoms with E-state index in [0.29, 0.717) is 23.4 Å². The number of aromatic nitrogens is 4. The van der Waals surface area contributed by atoms with Crippen LogP contribution >= 0.6 is 11.6 Å². The van der Waals surface area contributed by atoms with Gasteiger partial charge in [0.15, 0.2) is 12.1 Å². The van der Waals surface area contributed by atoms with Gasteiger partial charge in [0.1, 0.15) is 17.2 Å². The van der Waals surface area contributed by atoms with E-state index in [1.807, 2.05) is 0 Å². The fourth-order valence-electron chi connectivity index (χ4n) is 1.37. The normalized spacial score (nSPS) is 10.5. The van der Waals surface area contributed by atoms with E-state index >= 15 is 0 Å². The van der Waals surface area contributed by atoms with Crippen molar-refractivity contribution in [3.63, 3.8) is 0 Å². The summed E-state index contributed by atoms with van der Waals surface area (Å²) < 4.78 is 6.32. The van der Waals surface area contributed by atoms with E-state index in [9.17, 15) is 4.79 Å². The molecule has 0 N–H and O–H groups in total. The van der Waals surface area contributed by atoms with Gasteiger partial charge in [0.25, 0.3) is 0 Å². The molecule has 0 aliphatic carbocycles. The van der Waals surface area contributed by atoms with Gasteiger partial charge in [0.2, 0.25) is 0 Å². The Balaban J connectivity index is 2.52. The topological polar surface area (TPSA) is 69.9 Å². The van der Waals surface area contributed by atoms with Crippen LogP contribution in [0.3, 0.4) is 0 Å². The molecule has 0 radical (unpaired) electrons. The van der Waals surface area contributed by atoms with E-state index in [1.165, 1.54) is 18.1 Å². The summed E-state index contributed by atoms with van der Waals surface area (Å²) in [5, 5.41) is 4.39. The molecule has 2 aromatic rings. The van der Waals surface area contributed by atoms with E-state index in [0.717, 1.165) is 0 Å². The summed E-state index contributed by atoms with van der Waals surface area (Å²) in [4.78, 5) is 18.7. The number of carbonyl (C=O) groups excluding carboxylic acids is 1. The second-order valence-electron chi connectivity index (χ2n) is 3.18. The van der Waals surface area contributed by atoms with Crippen LogP contribution in [-0.2, 0) is 11.3 Å². The molecular formula is C10H9ClN4O2. The second-order valence-corrected chi connectivity index (χ2v) is 3.54. The molecule has 88 valence electrons. The highest BCUT2D eigenvalue weighted by atomic mass is 35.5. The van der Waals surface area contributed by atoms with Crippen molar-refractivity contribution in [3.8, 4) is 5.82 Å². The standard InChI is InChI=1S/C10H9ClN4O2/c1-17-5-8-7(4-16)10(11)15(14-8)9-2-3-12-6-13-9/h2-4,6H,5H2,1H3. The maximum atomic E-state index is 10.9. The van der Waals surface area contributed by atoms with Crippen molar-refractivity contribution >= 4 is 17.9 Å². The minimum Gasteiger partial charge on any atom is -0.378 e. The van der Waals surface area contributed by atoms with Crippen molar-refractivity contribution in [3.05, 3.63) is 35.0 Å². The summed E-state index contributed by atoms with van der Waals surface area (Å²) in [6.45, 7) is 0.214. The maximum Gasteiger partial charge on any atom is 0.158 e. The number of aldehydes is 1. The van der Waals surface area contributed by atoms with Gasteiger partial charge in [0.05, 0.1) is 12.2 Å². The summed E-state index contributed by atoms with van der Waals surface area (Å²) in [5.74, 6) is 0.496. The quantitative estimate of drug-likeness (QED) is 0.767. The number of rotatable bonds is 4. The second kappa shape index (κ2) is 5.03. The van der Waals surface area contributed by atoms with E-state index in [4.69, 9.17) is 16.3 Å². The first-order valence-corrected chi connectivity index (χ1v) is 5.13. The maximum absolute atomic E-state index is 10.9. The van der Waals surface area contributed by atoms with Crippen LogP contribution < -0.4 is 0 Å². The molecule has 0 spiro atoms. The third-order valence-corrected chi connectivity index (χ3v) is 2.49. The summed E-state index contributed by atoms with van der Waals surface area (Å²) in [7, 11) is 1.52. The zero-order valence-electron chi connectivity index (χ0n) is 9.00. The lowest BCUT2D eigenvalue weighted by Crippen LogP contribution is -2.00. The van der Waals surface area contributed by atoms with Gasteiger partial charge < -0.3 is 4.74 Å². The van der Waals surface area contributed by atoms with Crippen molar-refractivity contribution in [1.29, 1.82) is 0 Å².